The van der Waals surface area contributed by atoms with Crippen LogP contribution in [0, 0.1) is 11.3 Å². The molecule has 0 radical (unpaired) electrons. The number of ether oxygens (including phenoxy) is 1. The smallest absolute Gasteiger partial charge is 0.237 e. The summed E-state index contributed by atoms with van der Waals surface area (Å²) in [6.45, 7) is 1.81. The lowest BCUT2D eigenvalue weighted by Crippen LogP contribution is -2.23. The van der Waals surface area contributed by atoms with E-state index in [9.17, 15) is 4.79 Å². The number of amides is 1. The van der Waals surface area contributed by atoms with E-state index in [0.717, 1.165) is 17.0 Å². The largest absolute Gasteiger partial charge is 0.497 e. The lowest BCUT2D eigenvalue weighted by Gasteiger charge is -2.14. The lowest BCUT2D eigenvalue weighted by molar-refractivity contribution is -0.115. The number of anilines is 1. The van der Waals surface area contributed by atoms with Gasteiger partial charge in [-0.3, -0.25) is 9.36 Å². The number of methoxy groups -OCH3 is 1. The lowest BCUT2D eigenvalue weighted by atomic mass is 10.2. The number of hydrogen-bond acceptors (Lipinski definition) is 6. The number of benzene rings is 3. The first-order valence-corrected chi connectivity index (χ1v) is 11.1. The van der Waals surface area contributed by atoms with E-state index in [1.807, 2.05) is 66.1 Å². The second-order valence-electron chi connectivity index (χ2n) is 7.15. The molecule has 1 aromatic heterocycles. The summed E-state index contributed by atoms with van der Waals surface area (Å²) in [6, 6.07) is 26.3. The molecule has 1 N–H and O–H groups in total. The summed E-state index contributed by atoms with van der Waals surface area (Å²) in [5.74, 6) is 1.18. The van der Waals surface area contributed by atoms with Crippen molar-refractivity contribution in [2.75, 3.05) is 12.4 Å². The van der Waals surface area contributed by atoms with Crippen LogP contribution in [0.25, 0.3) is 17.1 Å². The number of nitrogens with one attached hydrogen (secondary N) is 1. The van der Waals surface area contributed by atoms with Crippen LogP contribution in [-0.2, 0) is 4.79 Å². The number of nitriles is 1. The second kappa shape index (κ2) is 10.0. The molecule has 0 bridgehead atoms. The molecular weight excluding hydrogens is 434 g/mol. The summed E-state index contributed by atoms with van der Waals surface area (Å²) in [6.07, 6.45) is 0. The van der Waals surface area contributed by atoms with E-state index >= 15 is 0 Å². The van der Waals surface area contributed by atoms with Gasteiger partial charge in [-0.1, -0.05) is 48.2 Å². The Kier molecular flexibility index (Phi) is 6.72. The first-order valence-electron chi connectivity index (χ1n) is 10.2. The molecular formula is C25H21N5O2S. The molecule has 0 spiro atoms. The molecule has 4 rings (SSSR count). The molecule has 8 heteroatoms. The summed E-state index contributed by atoms with van der Waals surface area (Å²) in [7, 11) is 1.62. The van der Waals surface area contributed by atoms with E-state index in [2.05, 4.69) is 21.6 Å². The van der Waals surface area contributed by atoms with Crippen LogP contribution in [0.3, 0.4) is 0 Å². The van der Waals surface area contributed by atoms with Crippen LogP contribution >= 0.6 is 11.8 Å². The zero-order valence-corrected chi connectivity index (χ0v) is 18.9. The first-order chi connectivity index (χ1) is 16.1. The maximum absolute atomic E-state index is 12.8. The van der Waals surface area contributed by atoms with Crippen molar-refractivity contribution in [3.05, 3.63) is 84.4 Å². The molecule has 0 aliphatic rings. The van der Waals surface area contributed by atoms with Gasteiger partial charge in [0.25, 0.3) is 0 Å². The highest BCUT2D eigenvalue weighted by Crippen LogP contribution is 2.31. The summed E-state index contributed by atoms with van der Waals surface area (Å²) >= 11 is 1.31. The molecule has 4 aromatic rings. The number of thioether (sulfide) groups is 1. The maximum Gasteiger partial charge on any atom is 0.237 e. The Bertz CT molecular complexity index is 1310. The van der Waals surface area contributed by atoms with Crippen molar-refractivity contribution in [2.45, 2.75) is 17.3 Å². The molecule has 0 aliphatic carbocycles. The fourth-order valence-electron chi connectivity index (χ4n) is 3.23. The van der Waals surface area contributed by atoms with E-state index in [1.165, 1.54) is 11.8 Å². The monoisotopic (exact) mass is 455 g/mol. The van der Waals surface area contributed by atoms with E-state index in [4.69, 9.17) is 10.00 Å². The predicted molar refractivity (Wildman–Crippen MR) is 128 cm³/mol. The maximum atomic E-state index is 12.8. The summed E-state index contributed by atoms with van der Waals surface area (Å²) in [4.78, 5) is 12.8. The van der Waals surface area contributed by atoms with Crippen molar-refractivity contribution in [1.29, 1.82) is 5.26 Å². The average molecular weight is 456 g/mol. The molecule has 0 aliphatic heterocycles. The fourth-order valence-corrected chi connectivity index (χ4v) is 4.09. The van der Waals surface area contributed by atoms with Gasteiger partial charge in [0.05, 0.1) is 24.0 Å². The number of hydrogen-bond donors (Lipinski definition) is 1. The molecule has 1 amide bonds. The van der Waals surface area contributed by atoms with E-state index < -0.39 is 5.25 Å². The van der Waals surface area contributed by atoms with Gasteiger partial charge < -0.3 is 10.1 Å². The number of rotatable bonds is 7. The SMILES string of the molecule is COc1cccc(-c2nnc(S[C@H](C)C(=O)Nc3cccc(C#N)c3)n2-c2ccccc2)c1. The number of carbonyl (C=O) groups excluding carboxylic acids is 1. The van der Waals surface area contributed by atoms with Crippen LogP contribution in [-0.4, -0.2) is 33.0 Å². The highest BCUT2D eigenvalue weighted by atomic mass is 32.2. The third kappa shape index (κ3) is 5.05. The van der Waals surface area contributed by atoms with Gasteiger partial charge >= 0.3 is 0 Å². The van der Waals surface area contributed by atoms with Crippen molar-refractivity contribution in [3.63, 3.8) is 0 Å². The van der Waals surface area contributed by atoms with Crippen molar-refractivity contribution in [3.8, 4) is 28.9 Å². The summed E-state index contributed by atoms with van der Waals surface area (Å²) in [5.41, 5.74) is 2.80. The van der Waals surface area contributed by atoms with Crippen LogP contribution in [0.4, 0.5) is 5.69 Å². The Labute approximate surface area is 196 Å². The first kappa shape index (κ1) is 22.1. The molecule has 164 valence electrons. The minimum absolute atomic E-state index is 0.194. The molecule has 1 heterocycles. The third-order valence-corrected chi connectivity index (χ3v) is 5.93. The number of nitrogens with zero attached hydrogens (tertiary/aromatic N) is 4. The van der Waals surface area contributed by atoms with E-state index in [-0.39, 0.29) is 5.91 Å². The van der Waals surface area contributed by atoms with Crippen LogP contribution in [0.1, 0.15) is 12.5 Å². The Morgan fingerprint density at radius 2 is 1.85 bits per heavy atom. The van der Waals surface area contributed by atoms with Crippen molar-refractivity contribution in [1.82, 2.24) is 14.8 Å². The minimum atomic E-state index is -0.458. The van der Waals surface area contributed by atoms with Crippen LogP contribution in [0.5, 0.6) is 5.75 Å². The summed E-state index contributed by atoms with van der Waals surface area (Å²) < 4.78 is 7.29. The van der Waals surface area contributed by atoms with Gasteiger partial charge in [0, 0.05) is 16.9 Å². The Morgan fingerprint density at radius 1 is 1.06 bits per heavy atom. The number of carbonyl (C=O) groups is 1. The topological polar surface area (TPSA) is 92.8 Å². The number of para-hydroxylation sites is 1. The van der Waals surface area contributed by atoms with Gasteiger partial charge in [0.15, 0.2) is 11.0 Å². The summed E-state index contributed by atoms with van der Waals surface area (Å²) in [5, 5.41) is 20.9. The molecule has 0 saturated carbocycles. The van der Waals surface area contributed by atoms with Crippen molar-refractivity contribution >= 4 is 23.4 Å². The molecule has 33 heavy (non-hydrogen) atoms. The van der Waals surface area contributed by atoms with Crippen molar-refractivity contribution in [2.24, 2.45) is 0 Å². The van der Waals surface area contributed by atoms with Crippen molar-refractivity contribution < 1.29 is 9.53 Å². The zero-order valence-electron chi connectivity index (χ0n) is 18.1. The van der Waals surface area contributed by atoms with Gasteiger partial charge in [-0.05, 0) is 49.4 Å². The predicted octanol–water partition coefficient (Wildman–Crippen LogP) is 4.93. The van der Waals surface area contributed by atoms with E-state index in [0.29, 0.717) is 22.2 Å². The highest BCUT2D eigenvalue weighted by Gasteiger charge is 2.22. The third-order valence-electron chi connectivity index (χ3n) is 4.89. The molecule has 0 unspecified atom stereocenters. The standard InChI is InChI=1S/C25H21N5O2S/c1-17(24(31)27-20-10-6-8-18(14-20)16-26)33-25-29-28-23(19-9-7-13-22(15-19)32-2)30(25)21-11-4-3-5-12-21/h3-15,17H,1-2H3,(H,27,31)/t17-/m1/s1. The van der Waals surface area contributed by atoms with Gasteiger partial charge in [-0.25, -0.2) is 0 Å². The van der Waals surface area contributed by atoms with Gasteiger partial charge in [-0.2, -0.15) is 5.26 Å². The average Bonchev–Trinajstić information content (AvgIpc) is 3.28. The Balaban J connectivity index is 1.64. The second-order valence-corrected chi connectivity index (χ2v) is 8.46. The van der Waals surface area contributed by atoms with Crippen LogP contribution in [0.2, 0.25) is 0 Å². The van der Waals surface area contributed by atoms with Gasteiger partial charge in [0.2, 0.25) is 5.91 Å². The Morgan fingerprint density at radius 3 is 2.61 bits per heavy atom. The molecule has 0 saturated heterocycles. The quantitative estimate of drug-likeness (QED) is 0.397. The fraction of sp³-hybridized carbons (Fsp3) is 0.120. The Hall–Kier alpha value is -4.09. The molecule has 3 aromatic carbocycles. The normalized spacial score (nSPS) is 11.4. The molecule has 1 atom stereocenters. The number of aromatic nitrogens is 3. The van der Waals surface area contributed by atoms with Gasteiger partial charge in [-0.15, -0.1) is 10.2 Å². The highest BCUT2D eigenvalue weighted by molar-refractivity contribution is 8.00. The zero-order chi connectivity index (χ0) is 23.2. The van der Waals surface area contributed by atoms with Crippen LogP contribution in [0.15, 0.2) is 84.0 Å². The van der Waals surface area contributed by atoms with E-state index in [1.54, 1.807) is 31.4 Å². The minimum Gasteiger partial charge on any atom is -0.497 e. The van der Waals surface area contributed by atoms with Gasteiger partial charge in [0.1, 0.15) is 5.75 Å². The molecule has 0 fully saturated rings. The van der Waals surface area contributed by atoms with Crippen LogP contribution < -0.4 is 10.1 Å². The molecule has 7 nitrogen and oxygen atoms in total.